The Morgan fingerprint density at radius 1 is 1.38 bits per heavy atom. The molecule has 1 saturated carbocycles. The van der Waals surface area contributed by atoms with Gasteiger partial charge >= 0.3 is 5.97 Å². The lowest BCUT2D eigenvalue weighted by atomic mass is 10.00. The van der Waals surface area contributed by atoms with Gasteiger partial charge in [0, 0.05) is 0 Å². The number of esters is 1. The Balaban J connectivity index is 1.76. The fraction of sp³-hybridized carbons (Fsp3) is 0.500. The summed E-state index contributed by atoms with van der Waals surface area (Å²) < 4.78 is 5.11. The molecule has 1 spiro atoms. The maximum Gasteiger partial charge on any atom is 0.309 e. The third-order valence-corrected chi connectivity index (χ3v) is 3.96. The molecular formula is C14H16O2. The third kappa shape index (κ3) is 1.36. The maximum atomic E-state index is 11.7. The minimum atomic E-state index is 0.00954. The van der Waals surface area contributed by atoms with Gasteiger partial charge in [-0.2, -0.15) is 0 Å². The maximum absolute atomic E-state index is 11.7. The molecule has 0 aliphatic heterocycles. The highest BCUT2D eigenvalue weighted by molar-refractivity contribution is 5.77. The second kappa shape index (κ2) is 3.34. The number of hydrogen-bond donors (Lipinski definition) is 0. The van der Waals surface area contributed by atoms with E-state index in [4.69, 9.17) is 4.74 Å². The number of benzene rings is 1. The van der Waals surface area contributed by atoms with Gasteiger partial charge in [-0.25, -0.2) is 0 Å². The van der Waals surface area contributed by atoms with Gasteiger partial charge in [-0.05, 0) is 42.7 Å². The molecule has 0 N–H and O–H groups in total. The van der Waals surface area contributed by atoms with Crippen LogP contribution in [-0.4, -0.2) is 12.6 Å². The van der Waals surface area contributed by atoms with Crippen molar-refractivity contribution in [3.63, 3.8) is 0 Å². The predicted octanol–water partition coefficient (Wildman–Crippen LogP) is 2.35. The van der Waals surface area contributed by atoms with Crippen LogP contribution in [0.15, 0.2) is 24.3 Å². The van der Waals surface area contributed by atoms with Crippen LogP contribution in [0.1, 0.15) is 24.5 Å². The number of fused-ring (bicyclic) bond motifs is 1. The SMILES string of the molecule is CCOC(=O)C1CC12Cc1ccccc1C2. The van der Waals surface area contributed by atoms with Crippen LogP contribution in [-0.2, 0) is 22.4 Å². The van der Waals surface area contributed by atoms with E-state index in [1.54, 1.807) is 0 Å². The second-order valence-electron chi connectivity index (χ2n) is 4.99. The number of rotatable bonds is 2. The predicted molar refractivity (Wildman–Crippen MR) is 61.0 cm³/mol. The molecule has 1 aromatic rings. The lowest BCUT2D eigenvalue weighted by molar-refractivity contribution is -0.145. The molecule has 1 fully saturated rings. The van der Waals surface area contributed by atoms with Gasteiger partial charge in [0.15, 0.2) is 0 Å². The molecule has 2 aliphatic carbocycles. The second-order valence-corrected chi connectivity index (χ2v) is 4.99. The van der Waals surface area contributed by atoms with E-state index < -0.39 is 0 Å². The summed E-state index contributed by atoms with van der Waals surface area (Å²) in [6.45, 7) is 2.37. The highest BCUT2D eigenvalue weighted by atomic mass is 16.5. The van der Waals surface area contributed by atoms with Gasteiger partial charge in [-0.1, -0.05) is 24.3 Å². The van der Waals surface area contributed by atoms with Gasteiger partial charge in [-0.3, -0.25) is 4.79 Å². The molecule has 1 aromatic carbocycles. The molecule has 0 saturated heterocycles. The van der Waals surface area contributed by atoms with E-state index in [2.05, 4.69) is 24.3 Å². The molecule has 3 rings (SSSR count). The minimum absolute atomic E-state index is 0.00954. The molecule has 0 aromatic heterocycles. The monoisotopic (exact) mass is 216 g/mol. The zero-order valence-electron chi connectivity index (χ0n) is 9.53. The Bertz CT molecular complexity index is 411. The van der Waals surface area contributed by atoms with E-state index in [0.717, 1.165) is 19.3 Å². The smallest absolute Gasteiger partial charge is 0.309 e. The highest BCUT2D eigenvalue weighted by Gasteiger charge is 2.60. The standard InChI is InChI=1S/C14H16O2/c1-2-16-13(15)12-9-14(12)7-10-5-3-4-6-11(10)8-14/h3-6,12H,2,7-9H2,1H3. The van der Waals surface area contributed by atoms with Crippen molar-refractivity contribution in [3.05, 3.63) is 35.4 Å². The fourth-order valence-corrected chi connectivity index (χ4v) is 3.04. The largest absolute Gasteiger partial charge is 0.466 e. The highest BCUT2D eigenvalue weighted by Crippen LogP contribution is 2.60. The summed E-state index contributed by atoms with van der Waals surface area (Å²) in [5.74, 6) is 0.162. The summed E-state index contributed by atoms with van der Waals surface area (Å²) in [6, 6.07) is 8.54. The molecule has 0 amide bonds. The van der Waals surface area contributed by atoms with Gasteiger partial charge in [-0.15, -0.1) is 0 Å². The number of ether oxygens (including phenoxy) is 1. The van der Waals surface area contributed by atoms with Crippen molar-refractivity contribution >= 4 is 5.97 Å². The Morgan fingerprint density at radius 3 is 2.56 bits per heavy atom. The molecule has 1 unspecified atom stereocenters. The molecule has 2 aliphatic rings. The first-order valence-corrected chi connectivity index (χ1v) is 5.98. The average Bonchev–Trinajstić information content (AvgIpc) is 2.83. The van der Waals surface area contributed by atoms with Crippen molar-refractivity contribution in [2.75, 3.05) is 6.61 Å². The quantitative estimate of drug-likeness (QED) is 0.709. The molecular weight excluding hydrogens is 200 g/mol. The number of carbonyl (C=O) groups excluding carboxylic acids is 1. The van der Waals surface area contributed by atoms with Crippen LogP contribution < -0.4 is 0 Å². The normalized spacial score (nSPS) is 24.2. The Hall–Kier alpha value is -1.31. The summed E-state index contributed by atoms with van der Waals surface area (Å²) >= 11 is 0. The van der Waals surface area contributed by atoms with Crippen LogP contribution in [0.3, 0.4) is 0 Å². The molecule has 0 radical (unpaired) electrons. The number of hydrogen-bond acceptors (Lipinski definition) is 2. The summed E-state index contributed by atoms with van der Waals surface area (Å²) in [4.78, 5) is 11.7. The summed E-state index contributed by atoms with van der Waals surface area (Å²) in [6.07, 6.45) is 3.14. The van der Waals surface area contributed by atoms with Crippen LogP contribution >= 0.6 is 0 Å². The lowest BCUT2D eigenvalue weighted by Crippen LogP contribution is -2.14. The van der Waals surface area contributed by atoms with Crippen molar-refractivity contribution < 1.29 is 9.53 Å². The van der Waals surface area contributed by atoms with Crippen molar-refractivity contribution in [3.8, 4) is 0 Å². The molecule has 1 atom stereocenters. The summed E-state index contributed by atoms with van der Waals surface area (Å²) in [5.41, 5.74) is 3.07. The van der Waals surface area contributed by atoms with E-state index >= 15 is 0 Å². The molecule has 2 nitrogen and oxygen atoms in total. The summed E-state index contributed by atoms with van der Waals surface area (Å²) in [5, 5.41) is 0. The van der Waals surface area contributed by atoms with Crippen molar-refractivity contribution in [1.29, 1.82) is 0 Å². The average molecular weight is 216 g/mol. The van der Waals surface area contributed by atoms with Gasteiger partial charge in [0.25, 0.3) is 0 Å². The van der Waals surface area contributed by atoms with Gasteiger partial charge in [0.2, 0.25) is 0 Å². The van der Waals surface area contributed by atoms with Crippen molar-refractivity contribution in [2.45, 2.75) is 26.2 Å². The first-order chi connectivity index (χ1) is 7.75. The lowest BCUT2D eigenvalue weighted by Gasteiger charge is -2.07. The molecule has 16 heavy (non-hydrogen) atoms. The Kier molecular flexibility index (Phi) is 2.06. The first-order valence-electron chi connectivity index (χ1n) is 5.98. The van der Waals surface area contributed by atoms with Crippen LogP contribution in [0, 0.1) is 11.3 Å². The molecule has 0 heterocycles. The van der Waals surface area contributed by atoms with Gasteiger partial charge in [0.1, 0.15) is 0 Å². The third-order valence-electron chi connectivity index (χ3n) is 3.96. The van der Waals surface area contributed by atoms with E-state index in [1.165, 1.54) is 11.1 Å². The molecule has 0 bridgehead atoms. The Labute approximate surface area is 95.6 Å². The van der Waals surface area contributed by atoms with Crippen LogP contribution in [0.4, 0.5) is 0 Å². The van der Waals surface area contributed by atoms with Crippen molar-refractivity contribution in [1.82, 2.24) is 0 Å². The number of carbonyl (C=O) groups is 1. The van der Waals surface area contributed by atoms with Crippen LogP contribution in [0.25, 0.3) is 0 Å². The first kappa shape index (κ1) is 9.88. The zero-order valence-corrected chi connectivity index (χ0v) is 9.53. The fourth-order valence-electron chi connectivity index (χ4n) is 3.04. The van der Waals surface area contributed by atoms with E-state index in [0.29, 0.717) is 6.61 Å². The minimum Gasteiger partial charge on any atom is -0.466 e. The van der Waals surface area contributed by atoms with E-state index in [9.17, 15) is 4.79 Å². The van der Waals surface area contributed by atoms with Gasteiger partial charge < -0.3 is 4.74 Å². The topological polar surface area (TPSA) is 26.3 Å². The summed E-state index contributed by atoms with van der Waals surface area (Å²) in [7, 11) is 0. The van der Waals surface area contributed by atoms with E-state index in [-0.39, 0.29) is 17.3 Å². The van der Waals surface area contributed by atoms with E-state index in [1.807, 2.05) is 6.92 Å². The Morgan fingerprint density at radius 2 is 2.00 bits per heavy atom. The molecule has 2 heteroatoms. The van der Waals surface area contributed by atoms with Crippen LogP contribution in [0.2, 0.25) is 0 Å². The van der Waals surface area contributed by atoms with Crippen LogP contribution in [0.5, 0.6) is 0 Å². The van der Waals surface area contributed by atoms with Crippen molar-refractivity contribution in [2.24, 2.45) is 11.3 Å². The van der Waals surface area contributed by atoms with Gasteiger partial charge in [0.05, 0.1) is 12.5 Å². The molecule has 84 valence electrons. The zero-order chi connectivity index (χ0) is 11.2.